The van der Waals surface area contributed by atoms with Gasteiger partial charge in [-0.05, 0) is 49.8 Å². The van der Waals surface area contributed by atoms with Gasteiger partial charge >= 0.3 is 0 Å². The highest BCUT2D eigenvalue weighted by molar-refractivity contribution is 6.07. The Morgan fingerprint density at radius 1 is 1.18 bits per heavy atom. The van der Waals surface area contributed by atoms with E-state index in [0.29, 0.717) is 11.1 Å². The Morgan fingerprint density at radius 3 is 2.55 bits per heavy atom. The molecule has 0 aromatic heterocycles. The number of ether oxygens (including phenoxy) is 1. The Balaban J connectivity index is 2.07. The lowest BCUT2D eigenvalue weighted by Gasteiger charge is -2.09. The van der Waals surface area contributed by atoms with Crippen molar-refractivity contribution in [3.8, 4) is 11.8 Å². The molecule has 0 radical (unpaired) electrons. The molecule has 0 aliphatic rings. The van der Waals surface area contributed by atoms with E-state index in [2.05, 4.69) is 0 Å². The fourth-order valence-corrected chi connectivity index (χ4v) is 1.94. The van der Waals surface area contributed by atoms with Crippen molar-refractivity contribution in [3.05, 3.63) is 71.3 Å². The summed E-state index contributed by atoms with van der Waals surface area (Å²) in [6.45, 7) is 3.95. The fraction of sp³-hybridized carbons (Fsp3) is 0.158. The second-order valence-corrected chi connectivity index (χ2v) is 5.13. The molecule has 0 aliphatic carbocycles. The molecule has 2 aromatic rings. The molecular weight excluding hydrogens is 274 g/mol. The smallest absolute Gasteiger partial charge is 0.185 e. The normalized spacial score (nSPS) is 10.6. The summed E-state index contributed by atoms with van der Waals surface area (Å²) in [5.41, 5.74) is 1.91. The van der Waals surface area contributed by atoms with Gasteiger partial charge in [0.25, 0.3) is 0 Å². The van der Waals surface area contributed by atoms with Crippen LogP contribution in [-0.4, -0.2) is 11.9 Å². The van der Waals surface area contributed by atoms with Crippen molar-refractivity contribution in [1.29, 1.82) is 5.26 Å². The van der Waals surface area contributed by atoms with Crippen LogP contribution in [0.4, 0.5) is 0 Å². The number of rotatable bonds is 5. The molecule has 0 fully saturated rings. The van der Waals surface area contributed by atoms with Crippen molar-refractivity contribution < 1.29 is 9.53 Å². The Labute approximate surface area is 130 Å². The van der Waals surface area contributed by atoms with Crippen molar-refractivity contribution in [2.45, 2.75) is 20.0 Å². The summed E-state index contributed by atoms with van der Waals surface area (Å²) in [4.78, 5) is 12.1. The van der Waals surface area contributed by atoms with Crippen LogP contribution in [-0.2, 0) is 0 Å². The number of benzene rings is 2. The van der Waals surface area contributed by atoms with E-state index in [9.17, 15) is 4.79 Å². The van der Waals surface area contributed by atoms with E-state index in [1.165, 1.54) is 6.08 Å². The standard InChI is InChI=1S/C19H17NO2/c1-14(2)22-18-9-6-15(7-10-18)8-11-19(21)17-5-3-4-16(12-17)13-20/h3-12,14H,1-2H3/b11-8+. The molecule has 0 amide bonds. The number of hydrogen-bond acceptors (Lipinski definition) is 3. The van der Waals surface area contributed by atoms with Gasteiger partial charge in [-0.3, -0.25) is 4.79 Å². The predicted octanol–water partition coefficient (Wildman–Crippen LogP) is 4.24. The van der Waals surface area contributed by atoms with Crippen molar-refractivity contribution in [3.63, 3.8) is 0 Å². The maximum absolute atomic E-state index is 12.1. The number of carbonyl (C=O) groups is 1. The molecule has 2 aromatic carbocycles. The summed E-state index contributed by atoms with van der Waals surface area (Å²) in [5.74, 6) is 0.680. The molecule has 3 nitrogen and oxygen atoms in total. The summed E-state index contributed by atoms with van der Waals surface area (Å²) < 4.78 is 5.57. The first kappa shape index (κ1) is 15.5. The van der Waals surface area contributed by atoms with Crippen molar-refractivity contribution >= 4 is 11.9 Å². The van der Waals surface area contributed by atoms with Crippen molar-refractivity contribution in [2.24, 2.45) is 0 Å². The second-order valence-electron chi connectivity index (χ2n) is 5.13. The Bertz CT molecular complexity index is 722. The molecule has 0 spiro atoms. The second kappa shape index (κ2) is 7.24. The quantitative estimate of drug-likeness (QED) is 0.611. The molecule has 0 saturated heterocycles. The van der Waals surface area contributed by atoms with E-state index in [1.54, 1.807) is 30.3 Å². The maximum atomic E-state index is 12.1. The van der Waals surface area contributed by atoms with Gasteiger partial charge in [-0.15, -0.1) is 0 Å². The van der Waals surface area contributed by atoms with Crippen LogP contribution in [0.25, 0.3) is 6.08 Å². The van der Waals surface area contributed by atoms with Gasteiger partial charge in [0.1, 0.15) is 5.75 Å². The molecule has 2 rings (SSSR count). The molecule has 0 aliphatic heterocycles. The minimum absolute atomic E-state index is 0.125. The van der Waals surface area contributed by atoms with E-state index in [4.69, 9.17) is 10.00 Å². The van der Waals surface area contributed by atoms with Crippen LogP contribution in [0, 0.1) is 11.3 Å². The van der Waals surface area contributed by atoms with Crippen LogP contribution >= 0.6 is 0 Å². The van der Waals surface area contributed by atoms with E-state index in [1.807, 2.05) is 44.2 Å². The number of nitriles is 1. The summed E-state index contributed by atoms with van der Waals surface area (Å²) >= 11 is 0. The first-order valence-electron chi connectivity index (χ1n) is 7.08. The lowest BCUT2D eigenvalue weighted by molar-refractivity contribution is 0.104. The number of ketones is 1. The third kappa shape index (κ3) is 4.32. The van der Waals surface area contributed by atoms with Gasteiger partial charge in [-0.25, -0.2) is 0 Å². The minimum Gasteiger partial charge on any atom is -0.491 e. The first-order chi connectivity index (χ1) is 10.6. The molecule has 0 saturated carbocycles. The molecule has 0 heterocycles. The summed E-state index contributed by atoms with van der Waals surface area (Å²) in [5, 5.41) is 8.85. The maximum Gasteiger partial charge on any atom is 0.185 e. The highest BCUT2D eigenvalue weighted by Gasteiger charge is 2.03. The van der Waals surface area contributed by atoms with Crippen molar-refractivity contribution in [2.75, 3.05) is 0 Å². The van der Waals surface area contributed by atoms with Crippen LogP contribution in [0.1, 0.15) is 35.3 Å². The fourth-order valence-electron chi connectivity index (χ4n) is 1.94. The van der Waals surface area contributed by atoms with Crippen LogP contribution in [0.2, 0.25) is 0 Å². The number of nitrogens with zero attached hydrogens (tertiary/aromatic N) is 1. The number of carbonyl (C=O) groups excluding carboxylic acids is 1. The van der Waals surface area contributed by atoms with E-state index in [0.717, 1.165) is 11.3 Å². The Hall–Kier alpha value is -2.86. The van der Waals surface area contributed by atoms with E-state index >= 15 is 0 Å². The average Bonchev–Trinajstić information content (AvgIpc) is 2.53. The predicted molar refractivity (Wildman–Crippen MR) is 86.7 cm³/mol. The lowest BCUT2D eigenvalue weighted by Crippen LogP contribution is -2.05. The van der Waals surface area contributed by atoms with Gasteiger partial charge in [-0.1, -0.05) is 30.3 Å². The van der Waals surface area contributed by atoms with Gasteiger partial charge in [0.05, 0.1) is 17.7 Å². The third-order valence-corrected chi connectivity index (χ3v) is 2.96. The summed E-state index contributed by atoms with van der Waals surface area (Å²) in [6, 6.07) is 16.2. The van der Waals surface area contributed by atoms with Gasteiger partial charge < -0.3 is 4.74 Å². The Kier molecular flexibility index (Phi) is 5.11. The van der Waals surface area contributed by atoms with Gasteiger partial charge in [-0.2, -0.15) is 5.26 Å². The van der Waals surface area contributed by atoms with E-state index < -0.39 is 0 Å². The number of hydrogen-bond donors (Lipinski definition) is 0. The molecule has 22 heavy (non-hydrogen) atoms. The molecule has 0 N–H and O–H groups in total. The highest BCUT2D eigenvalue weighted by atomic mass is 16.5. The first-order valence-corrected chi connectivity index (χ1v) is 7.08. The van der Waals surface area contributed by atoms with Crippen LogP contribution in [0.5, 0.6) is 5.75 Å². The Morgan fingerprint density at radius 2 is 1.91 bits per heavy atom. The molecular formula is C19H17NO2. The molecule has 110 valence electrons. The van der Waals surface area contributed by atoms with Crippen molar-refractivity contribution in [1.82, 2.24) is 0 Å². The largest absolute Gasteiger partial charge is 0.491 e. The van der Waals surface area contributed by atoms with Crippen LogP contribution < -0.4 is 4.74 Å². The lowest BCUT2D eigenvalue weighted by atomic mass is 10.1. The zero-order chi connectivity index (χ0) is 15.9. The van der Waals surface area contributed by atoms with Gasteiger partial charge in [0, 0.05) is 5.56 Å². The molecule has 0 unspecified atom stereocenters. The summed E-state index contributed by atoms with van der Waals surface area (Å²) in [6.07, 6.45) is 3.39. The van der Waals surface area contributed by atoms with Crippen LogP contribution in [0.3, 0.4) is 0 Å². The SMILES string of the molecule is CC(C)Oc1ccc(/C=C/C(=O)c2cccc(C#N)c2)cc1. The zero-order valence-electron chi connectivity index (χ0n) is 12.6. The molecule has 0 atom stereocenters. The van der Waals surface area contributed by atoms with Gasteiger partial charge in [0.15, 0.2) is 5.78 Å². The molecule has 0 bridgehead atoms. The zero-order valence-corrected chi connectivity index (χ0v) is 12.6. The third-order valence-electron chi connectivity index (χ3n) is 2.96. The summed E-state index contributed by atoms with van der Waals surface area (Å²) in [7, 11) is 0. The average molecular weight is 291 g/mol. The monoisotopic (exact) mass is 291 g/mol. The molecule has 3 heteroatoms. The minimum atomic E-state index is -0.125. The topological polar surface area (TPSA) is 50.1 Å². The van der Waals surface area contributed by atoms with Crippen LogP contribution in [0.15, 0.2) is 54.6 Å². The highest BCUT2D eigenvalue weighted by Crippen LogP contribution is 2.15. The number of allylic oxidation sites excluding steroid dienone is 1. The van der Waals surface area contributed by atoms with Gasteiger partial charge in [0.2, 0.25) is 0 Å². The van der Waals surface area contributed by atoms with E-state index in [-0.39, 0.29) is 11.9 Å².